The Balaban J connectivity index is 2.18. The van der Waals surface area contributed by atoms with Crippen LogP contribution in [0.2, 0.25) is 0 Å². The maximum Gasteiger partial charge on any atom is 0.115 e. The molecular formula is C10H15N3. The van der Waals surface area contributed by atoms with Crippen molar-refractivity contribution in [2.45, 2.75) is 32.2 Å². The van der Waals surface area contributed by atoms with Gasteiger partial charge in [0.2, 0.25) is 0 Å². The van der Waals surface area contributed by atoms with Gasteiger partial charge < -0.3 is 5.32 Å². The van der Waals surface area contributed by atoms with Gasteiger partial charge in [-0.3, -0.25) is 0 Å². The summed E-state index contributed by atoms with van der Waals surface area (Å²) in [5.74, 6) is 0. The van der Waals surface area contributed by atoms with E-state index in [9.17, 15) is 0 Å². The second-order valence-electron chi connectivity index (χ2n) is 3.59. The number of aromatic nitrogens is 2. The van der Waals surface area contributed by atoms with Crippen molar-refractivity contribution in [1.82, 2.24) is 15.3 Å². The number of hydrogen-bond donors (Lipinski definition) is 1. The first-order valence-corrected chi connectivity index (χ1v) is 4.88. The van der Waals surface area contributed by atoms with Crippen molar-refractivity contribution in [2.24, 2.45) is 0 Å². The molecule has 1 atom stereocenters. The Morgan fingerprint density at radius 1 is 1.46 bits per heavy atom. The first-order valence-electron chi connectivity index (χ1n) is 4.88. The van der Waals surface area contributed by atoms with E-state index in [1.165, 1.54) is 30.5 Å². The van der Waals surface area contributed by atoms with Gasteiger partial charge in [-0.15, -0.1) is 0 Å². The Kier molecular flexibility index (Phi) is 2.54. The molecule has 13 heavy (non-hydrogen) atoms. The number of nitrogens with zero attached hydrogens (tertiary/aromatic N) is 2. The molecule has 2 rings (SSSR count). The molecule has 1 saturated heterocycles. The van der Waals surface area contributed by atoms with Crippen LogP contribution < -0.4 is 5.32 Å². The van der Waals surface area contributed by atoms with Crippen LogP contribution in [0.5, 0.6) is 0 Å². The minimum absolute atomic E-state index is 0.455. The van der Waals surface area contributed by atoms with Crippen LogP contribution in [-0.2, 0) is 0 Å². The van der Waals surface area contributed by atoms with Crippen LogP contribution in [0, 0.1) is 6.92 Å². The lowest BCUT2D eigenvalue weighted by atomic mass is 10.00. The van der Waals surface area contributed by atoms with Gasteiger partial charge in [-0.25, -0.2) is 9.97 Å². The zero-order valence-electron chi connectivity index (χ0n) is 7.95. The summed E-state index contributed by atoms with van der Waals surface area (Å²) in [7, 11) is 0. The lowest BCUT2D eigenvalue weighted by Crippen LogP contribution is -2.28. The molecule has 1 N–H and O–H groups in total. The molecule has 1 aromatic rings. The summed E-state index contributed by atoms with van der Waals surface area (Å²) in [4.78, 5) is 8.33. The quantitative estimate of drug-likeness (QED) is 0.708. The largest absolute Gasteiger partial charge is 0.309 e. The molecule has 0 bridgehead atoms. The molecule has 1 unspecified atom stereocenters. The first-order chi connectivity index (χ1) is 6.38. The van der Waals surface area contributed by atoms with E-state index >= 15 is 0 Å². The monoisotopic (exact) mass is 177 g/mol. The zero-order valence-corrected chi connectivity index (χ0v) is 7.95. The maximum absolute atomic E-state index is 4.33. The van der Waals surface area contributed by atoms with Crippen molar-refractivity contribution in [2.75, 3.05) is 6.54 Å². The van der Waals surface area contributed by atoms with Crippen LogP contribution in [0.3, 0.4) is 0 Å². The molecule has 0 aromatic carbocycles. The zero-order chi connectivity index (χ0) is 9.10. The summed E-state index contributed by atoms with van der Waals surface area (Å²) in [6.07, 6.45) is 7.33. The van der Waals surface area contributed by atoms with Crippen molar-refractivity contribution >= 4 is 0 Å². The highest BCUT2D eigenvalue weighted by molar-refractivity contribution is 5.17. The minimum Gasteiger partial charge on any atom is -0.309 e. The van der Waals surface area contributed by atoms with Crippen molar-refractivity contribution in [1.29, 1.82) is 0 Å². The van der Waals surface area contributed by atoms with Crippen LogP contribution in [0.4, 0.5) is 0 Å². The average Bonchev–Trinajstić information content (AvgIpc) is 2.20. The van der Waals surface area contributed by atoms with Crippen molar-refractivity contribution in [3.63, 3.8) is 0 Å². The number of aryl methyl sites for hydroxylation is 1. The Morgan fingerprint density at radius 3 is 3.08 bits per heavy atom. The second kappa shape index (κ2) is 3.83. The molecule has 1 aliphatic rings. The molecule has 0 saturated carbocycles. The topological polar surface area (TPSA) is 37.8 Å². The van der Waals surface area contributed by atoms with Crippen LogP contribution in [0.1, 0.15) is 36.6 Å². The molecule has 70 valence electrons. The molecule has 1 aliphatic heterocycles. The lowest BCUT2D eigenvalue weighted by Gasteiger charge is -2.23. The molecule has 2 heterocycles. The van der Waals surface area contributed by atoms with Crippen molar-refractivity contribution in [3.05, 3.63) is 23.8 Å². The summed E-state index contributed by atoms with van der Waals surface area (Å²) in [6, 6.07) is 0.455. The average molecular weight is 177 g/mol. The standard InChI is InChI=1S/C10H15N3/c1-8-6-11-7-13-10(8)9-4-2-3-5-12-9/h6-7,9,12H,2-5H2,1H3. The van der Waals surface area contributed by atoms with Gasteiger partial charge in [-0.2, -0.15) is 0 Å². The summed E-state index contributed by atoms with van der Waals surface area (Å²) < 4.78 is 0. The fraction of sp³-hybridized carbons (Fsp3) is 0.600. The highest BCUT2D eigenvalue weighted by atomic mass is 15.0. The van der Waals surface area contributed by atoms with Gasteiger partial charge in [0.25, 0.3) is 0 Å². The molecule has 0 radical (unpaired) electrons. The fourth-order valence-corrected chi connectivity index (χ4v) is 1.86. The Morgan fingerprint density at radius 2 is 2.38 bits per heavy atom. The first kappa shape index (κ1) is 8.63. The third-order valence-electron chi connectivity index (χ3n) is 2.58. The summed E-state index contributed by atoms with van der Waals surface area (Å²) in [5, 5.41) is 3.49. The number of rotatable bonds is 1. The van der Waals surface area contributed by atoms with Crippen molar-refractivity contribution < 1.29 is 0 Å². The SMILES string of the molecule is Cc1cncnc1C1CCCCN1. The van der Waals surface area contributed by atoms with Gasteiger partial charge in [0, 0.05) is 12.2 Å². The van der Waals surface area contributed by atoms with E-state index in [1.54, 1.807) is 6.33 Å². The molecule has 0 spiro atoms. The molecule has 1 aromatic heterocycles. The lowest BCUT2D eigenvalue weighted by molar-refractivity contribution is 0.403. The van der Waals surface area contributed by atoms with Gasteiger partial charge in [0.15, 0.2) is 0 Å². The Labute approximate surface area is 78.6 Å². The molecule has 0 aliphatic carbocycles. The molecule has 0 amide bonds. The fourth-order valence-electron chi connectivity index (χ4n) is 1.86. The van der Waals surface area contributed by atoms with E-state index in [1.807, 2.05) is 6.20 Å². The minimum atomic E-state index is 0.455. The van der Waals surface area contributed by atoms with Gasteiger partial charge in [-0.1, -0.05) is 6.42 Å². The summed E-state index contributed by atoms with van der Waals surface area (Å²) >= 11 is 0. The Bertz CT molecular complexity index is 279. The normalized spacial score (nSPS) is 23.0. The van der Waals surface area contributed by atoms with E-state index in [0.717, 1.165) is 6.54 Å². The molecule has 1 fully saturated rings. The van der Waals surface area contributed by atoms with Crippen LogP contribution >= 0.6 is 0 Å². The summed E-state index contributed by atoms with van der Waals surface area (Å²) in [6.45, 7) is 3.19. The molecule has 3 heteroatoms. The highest BCUT2D eigenvalue weighted by Gasteiger charge is 2.17. The maximum atomic E-state index is 4.33. The van der Waals surface area contributed by atoms with E-state index < -0.39 is 0 Å². The van der Waals surface area contributed by atoms with Crippen molar-refractivity contribution in [3.8, 4) is 0 Å². The van der Waals surface area contributed by atoms with Gasteiger partial charge in [0.05, 0.1) is 5.69 Å². The van der Waals surface area contributed by atoms with Gasteiger partial charge >= 0.3 is 0 Å². The van der Waals surface area contributed by atoms with E-state index in [0.29, 0.717) is 6.04 Å². The summed E-state index contributed by atoms with van der Waals surface area (Å²) in [5.41, 5.74) is 2.37. The third kappa shape index (κ3) is 1.86. The third-order valence-corrected chi connectivity index (χ3v) is 2.58. The van der Waals surface area contributed by atoms with E-state index in [4.69, 9.17) is 0 Å². The van der Waals surface area contributed by atoms with Crippen LogP contribution in [0.25, 0.3) is 0 Å². The van der Waals surface area contributed by atoms with Gasteiger partial charge in [-0.05, 0) is 31.9 Å². The predicted molar refractivity (Wildman–Crippen MR) is 51.4 cm³/mol. The Hall–Kier alpha value is -0.960. The number of piperidine rings is 1. The molecule has 3 nitrogen and oxygen atoms in total. The second-order valence-corrected chi connectivity index (χ2v) is 3.59. The number of nitrogens with one attached hydrogen (secondary N) is 1. The highest BCUT2D eigenvalue weighted by Crippen LogP contribution is 2.22. The van der Waals surface area contributed by atoms with Crippen LogP contribution in [-0.4, -0.2) is 16.5 Å². The molecular weight excluding hydrogens is 162 g/mol. The van der Waals surface area contributed by atoms with E-state index in [2.05, 4.69) is 22.2 Å². The van der Waals surface area contributed by atoms with E-state index in [-0.39, 0.29) is 0 Å². The van der Waals surface area contributed by atoms with Gasteiger partial charge in [0.1, 0.15) is 6.33 Å². The predicted octanol–water partition coefficient (Wildman–Crippen LogP) is 1.60. The van der Waals surface area contributed by atoms with Crippen LogP contribution in [0.15, 0.2) is 12.5 Å². The smallest absolute Gasteiger partial charge is 0.115 e. The number of hydrogen-bond acceptors (Lipinski definition) is 3.